The van der Waals surface area contributed by atoms with E-state index >= 15 is 0 Å². The molecule has 2 aromatic carbocycles. The number of anilines is 1. The maximum absolute atomic E-state index is 12.1. The van der Waals surface area contributed by atoms with E-state index in [0.717, 1.165) is 10.9 Å². The Hall–Kier alpha value is -1.97. The Kier molecular flexibility index (Phi) is 3.86. The van der Waals surface area contributed by atoms with E-state index in [4.69, 9.17) is 27.6 Å². The van der Waals surface area contributed by atoms with Gasteiger partial charge in [0.25, 0.3) is 0 Å². The molecule has 0 saturated heterocycles. The average Bonchev–Trinajstić information content (AvgIpc) is 2.81. The van der Waals surface area contributed by atoms with Crippen molar-refractivity contribution in [3.8, 4) is 0 Å². The first-order valence-corrected chi connectivity index (χ1v) is 7.08. The van der Waals surface area contributed by atoms with Crippen molar-refractivity contribution in [1.82, 2.24) is 0 Å². The van der Waals surface area contributed by atoms with Crippen LogP contribution in [0.1, 0.15) is 5.56 Å². The van der Waals surface area contributed by atoms with Gasteiger partial charge in [0.1, 0.15) is 5.58 Å². The average molecular weight is 320 g/mol. The van der Waals surface area contributed by atoms with Crippen molar-refractivity contribution in [1.29, 1.82) is 0 Å². The predicted molar refractivity (Wildman–Crippen MR) is 85.0 cm³/mol. The van der Waals surface area contributed by atoms with Gasteiger partial charge in [-0.15, -0.1) is 0 Å². The van der Waals surface area contributed by atoms with Gasteiger partial charge in [-0.3, -0.25) is 4.79 Å². The SMILES string of the molecule is O=C(Cc1coc2ccc(Cl)cc12)Nc1cccc(Cl)c1. The summed E-state index contributed by atoms with van der Waals surface area (Å²) in [4.78, 5) is 12.1. The molecule has 3 nitrogen and oxygen atoms in total. The lowest BCUT2D eigenvalue weighted by Crippen LogP contribution is -2.14. The van der Waals surface area contributed by atoms with Crippen molar-refractivity contribution in [2.45, 2.75) is 6.42 Å². The van der Waals surface area contributed by atoms with Crippen molar-refractivity contribution in [3.05, 3.63) is 64.3 Å². The number of rotatable bonds is 3. The minimum absolute atomic E-state index is 0.139. The zero-order chi connectivity index (χ0) is 14.8. The molecule has 0 aliphatic rings. The summed E-state index contributed by atoms with van der Waals surface area (Å²) in [6.07, 6.45) is 1.79. The van der Waals surface area contributed by atoms with E-state index < -0.39 is 0 Å². The summed E-state index contributed by atoms with van der Waals surface area (Å²) >= 11 is 11.9. The van der Waals surface area contributed by atoms with Crippen LogP contribution in [0, 0.1) is 0 Å². The van der Waals surface area contributed by atoms with E-state index in [-0.39, 0.29) is 12.3 Å². The number of furan rings is 1. The molecule has 0 fully saturated rings. The lowest BCUT2D eigenvalue weighted by atomic mass is 10.1. The van der Waals surface area contributed by atoms with E-state index in [1.807, 2.05) is 0 Å². The van der Waals surface area contributed by atoms with Gasteiger partial charge in [-0.2, -0.15) is 0 Å². The number of hydrogen-bond acceptors (Lipinski definition) is 2. The molecule has 0 aliphatic carbocycles. The van der Waals surface area contributed by atoms with Crippen LogP contribution in [0.4, 0.5) is 5.69 Å². The summed E-state index contributed by atoms with van der Waals surface area (Å²) in [7, 11) is 0. The van der Waals surface area contributed by atoms with E-state index in [1.54, 1.807) is 48.7 Å². The molecule has 3 rings (SSSR count). The van der Waals surface area contributed by atoms with Gasteiger partial charge < -0.3 is 9.73 Å². The predicted octanol–water partition coefficient (Wildman–Crippen LogP) is 4.92. The van der Waals surface area contributed by atoms with Crippen LogP contribution in [0.2, 0.25) is 10.0 Å². The van der Waals surface area contributed by atoms with Crippen LogP contribution >= 0.6 is 23.2 Å². The van der Waals surface area contributed by atoms with Gasteiger partial charge in [0, 0.05) is 26.7 Å². The minimum Gasteiger partial charge on any atom is -0.464 e. The lowest BCUT2D eigenvalue weighted by molar-refractivity contribution is -0.115. The zero-order valence-electron chi connectivity index (χ0n) is 10.9. The molecule has 0 unspecified atom stereocenters. The molecule has 0 aliphatic heterocycles. The van der Waals surface area contributed by atoms with Crippen LogP contribution in [-0.4, -0.2) is 5.91 Å². The molecule has 3 aromatic rings. The summed E-state index contributed by atoms with van der Waals surface area (Å²) < 4.78 is 5.41. The second-order valence-corrected chi connectivity index (χ2v) is 5.51. The van der Waals surface area contributed by atoms with Crippen molar-refractivity contribution in [2.75, 3.05) is 5.32 Å². The van der Waals surface area contributed by atoms with Crippen LogP contribution in [0.3, 0.4) is 0 Å². The van der Waals surface area contributed by atoms with Crippen LogP contribution in [-0.2, 0) is 11.2 Å². The second kappa shape index (κ2) is 5.80. The third kappa shape index (κ3) is 3.20. The maximum atomic E-state index is 12.1. The van der Waals surface area contributed by atoms with Crippen molar-refractivity contribution in [3.63, 3.8) is 0 Å². The topological polar surface area (TPSA) is 42.2 Å². The molecule has 1 aromatic heterocycles. The number of halogens is 2. The summed E-state index contributed by atoms with van der Waals surface area (Å²) in [6.45, 7) is 0. The summed E-state index contributed by atoms with van der Waals surface area (Å²) in [5, 5.41) is 4.84. The highest BCUT2D eigenvalue weighted by molar-refractivity contribution is 6.31. The summed E-state index contributed by atoms with van der Waals surface area (Å²) in [5.41, 5.74) is 2.18. The second-order valence-electron chi connectivity index (χ2n) is 4.64. The van der Waals surface area contributed by atoms with Crippen LogP contribution in [0.25, 0.3) is 11.0 Å². The first kappa shape index (κ1) is 14.0. The third-order valence-corrected chi connectivity index (χ3v) is 3.55. The monoisotopic (exact) mass is 319 g/mol. The van der Waals surface area contributed by atoms with Crippen LogP contribution in [0.15, 0.2) is 53.1 Å². The van der Waals surface area contributed by atoms with E-state index in [1.165, 1.54) is 0 Å². The van der Waals surface area contributed by atoms with E-state index in [9.17, 15) is 4.79 Å². The quantitative estimate of drug-likeness (QED) is 0.744. The first-order chi connectivity index (χ1) is 10.1. The number of benzene rings is 2. The highest BCUT2D eigenvalue weighted by atomic mass is 35.5. The van der Waals surface area contributed by atoms with Gasteiger partial charge in [-0.1, -0.05) is 29.3 Å². The maximum Gasteiger partial charge on any atom is 0.228 e. The third-order valence-electron chi connectivity index (χ3n) is 3.08. The Morgan fingerprint density at radius 2 is 1.90 bits per heavy atom. The normalized spacial score (nSPS) is 10.8. The van der Waals surface area contributed by atoms with E-state index in [2.05, 4.69) is 5.32 Å². The van der Waals surface area contributed by atoms with Gasteiger partial charge >= 0.3 is 0 Å². The van der Waals surface area contributed by atoms with Gasteiger partial charge in [0.15, 0.2) is 0 Å². The van der Waals surface area contributed by atoms with Crippen molar-refractivity contribution < 1.29 is 9.21 Å². The molecule has 0 spiro atoms. The standard InChI is InChI=1S/C16H11Cl2NO2/c17-11-2-1-3-13(7-11)19-16(20)6-10-9-21-15-5-4-12(18)8-14(10)15/h1-5,7-9H,6H2,(H,19,20). The highest BCUT2D eigenvalue weighted by Gasteiger charge is 2.11. The Labute approximate surface area is 131 Å². The highest BCUT2D eigenvalue weighted by Crippen LogP contribution is 2.25. The van der Waals surface area contributed by atoms with Gasteiger partial charge in [0.2, 0.25) is 5.91 Å². The van der Waals surface area contributed by atoms with Gasteiger partial charge in [-0.05, 0) is 36.4 Å². The van der Waals surface area contributed by atoms with Crippen LogP contribution < -0.4 is 5.32 Å². The molecule has 106 valence electrons. The molecule has 0 saturated carbocycles. The molecule has 0 bridgehead atoms. The Morgan fingerprint density at radius 1 is 1.10 bits per heavy atom. The number of carbonyl (C=O) groups is 1. The van der Waals surface area contributed by atoms with Crippen molar-refractivity contribution in [2.24, 2.45) is 0 Å². The van der Waals surface area contributed by atoms with Gasteiger partial charge in [0.05, 0.1) is 12.7 Å². The molecule has 1 heterocycles. The molecule has 21 heavy (non-hydrogen) atoms. The fourth-order valence-corrected chi connectivity index (χ4v) is 2.50. The van der Waals surface area contributed by atoms with E-state index in [0.29, 0.717) is 21.3 Å². The van der Waals surface area contributed by atoms with Crippen molar-refractivity contribution >= 4 is 45.8 Å². The smallest absolute Gasteiger partial charge is 0.228 e. The number of amides is 1. The Balaban J connectivity index is 1.79. The Bertz CT molecular complexity index is 811. The fourth-order valence-electron chi connectivity index (χ4n) is 2.14. The first-order valence-electron chi connectivity index (χ1n) is 6.33. The minimum atomic E-state index is -0.139. The number of fused-ring (bicyclic) bond motifs is 1. The van der Waals surface area contributed by atoms with Gasteiger partial charge in [-0.25, -0.2) is 0 Å². The number of hydrogen-bond donors (Lipinski definition) is 1. The zero-order valence-corrected chi connectivity index (χ0v) is 12.4. The molecule has 0 radical (unpaired) electrons. The molecule has 0 atom stereocenters. The fraction of sp³-hybridized carbons (Fsp3) is 0.0625. The largest absolute Gasteiger partial charge is 0.464 e. The molecular formula is C16H11Cl2NO2. The molecule has 1 amide bonds. The van der Waals surface area contributed by atoms with Crippen LogP contribution in [0.5, 0.6) is 0 Å². The number of nitrogens with one attached hydrogen (secondary N) is 1. The summed E-state index contributed by atoms with van der Waals surface area (Å²) in [5.74, 6) is -0.139. The Morgan fingerprint density at radius 3 is 2.71 bits per heavy atom. The number of carbonyl (C=O) groups excluding carboxylic acids is 1. The molecule has 5 heteroatoms. The molecule has 1 N–H and O–H groups in total. The molecular weight excluding hydrogens is 309 g/mol. The summed E-state index contributed by atoms with van der Waals surface area (Å²) in [6, 6.07) is 12.4. The lowest BCUT2D eigenvalue weighted by Gasteiger charge is -2.04.